The second-order valence-corrected chi connectivity index (χ2v) is 3.30. The molecule has 0 aliphatic carbocycles. The number of hydrogen-bond donors (Lipinski definition) is 0. The van der Waals surface area contributed by atoms with Gasteiger partial charge in [-0.3, -0.25) is 0 Å². The Balaban J connectivity index is 3.01. The van der Waals surface area contributed by atoms with E-state index in [1.165, 1.54) is 0 Å². The highest BCUT2D eigenvalue weighted by Gasteiger charge is 2.08. The summed E-state index contributed by atoms with van der Waals surface area (Å²) in [6, 6.07) is 3.74. The zero-order chi connectivity index (χ0) is 11.3. The normalized spacial score (nSPS) is 9.87. The van der Waals surface area contributed by atoms with Gasteiger partial charge in [0.1, 0.15) is 17.2 Å². The lowest BCUT2D eigenvalue weighted by Crippen LogP contribution is -1.99. The van der Waals surface area contributed by atoms with Crippen LogP contribution in [0.1, 0.15) is 18.9 Å². The van der Waals surface area contributed by atoms with Gasteiger partial charge in [-0.05, 0) is 13.3 Å². The SMILES string of the molecule is CCCOc1cc(OC)cc(OC)c1C. The highest BCUT2D eigenvalue weighted by atomic mass is 16.5. The van der Waals surface area contributed by atoms with Gasteiger partial charge in [-0.2, -0.15) is 0 Å². The molecule has 0 saturated carbocycles. The van der Waals surface area contributed by atoms with E-state index in [2.05, 4.69) is 6.92 Å². The van der Waals surface area contributed by atoms with Gasteiger partial charge in [-0.1, -0.05) is 6.92 Å². The highest BCUT2D eigenvalue weighted by Crippen LogP contribution is 2.33. The van der Waals surface area contributed by atoms with Gasteiger partial charge in [-0.15, -0.1) is 0 Å². The highest BCUT2D eigenvalue weighted by molar-refractivity contribution is 5.49. The molecule has 0 saturated heterocycles. The summed E-state index contributed by atoms with van der Waals surface area (Å²) in [6.45, 7) is 4.76. The molecular weight excluding hydrogens is 192 g/mol. The van der Waals surface area contributed by atoms with Crippen LogP contribution in [-0.4, -0.2) is 20.8 Å². The van der Waals surface area contributed by atoms with E-state index in [0.717, 1.165) is 29.2 Å². The van der Waals surface area contributed by atoms with E-state index in [4.69, 9.17) is 14.2 Å². The van der Waals surface area contributed by atoms with E-state index in [1.54, 1.807) is 14.2 Å². The minimum atomic E-state index is 0.706. The fourth-order valence-corrected chi connectivity index (χ4v) is 1.33. The molecule has 0 radical (unpaired) electrons. The zero-order valence-electron chi connectivity index (χ0n) is 9.79. The summed E-state index contributed by atoms with van der Waals surface area (Å²) in [5.74, 6) is 2.37. The predicted molar refractivity (Wildman–Crippen MR) is 60.1 cm³/mol. The Hall–Kier alpha value is -1.38. The maximum atomic E-state index is 5.61. The standard InChI is InChI=1S/C12H18O3/c1-5-6-15-12-8-10(13-3)7-11(14-4)9(12)2/h7-8H,5-6H2,1-4H3. The Labute approximate surface area is 91.0 Å². The summed E-state index contributed by atoms with van der Waals surface area (Å²) in [5.41, 5.74) is 1.01. The third-order valence-corrected chi connectivity index (χ3v) is 2.20. The number of benzene rings is 1. The summed E-state index contributed by atoms with van der Waals surface area (Å²) in [6.07, 6.45) is 0.985. The minimum absolute atomic E-state index is 0.706. The molecule has 0 aromatic heterocycles. The van der Waals surface area contributed by atoms with Gasteiger partial charge >= 0.3 is 0 Å². The van der Waals surface area contributed by atoms with Crippen LogP contribution in [0.3, 0.4) is 0 Å². The number of hydrogen-bond acceptors (Lipinski definition) is 3. The molecule has 0 aliphatic heterocycles. The van der Waals surface area contributed by atoms with Crippen LogP contribution in [0.2, 0.25) is 0 Å². The van der Waals surface area contributed by atoms with Crippen molar-refractivity contribution in [2.75, 3.05) is 20.8 Å². The van der Waals surface area contributed by atoms with Crippen LogP contribution in [0, 0.1) is 6.92 Å². The summed E-state index contributed by atoms with van der Waals surface area (Å²) in [4.78, 5) is 0. The van der Waals surface area contributed by atoms with E-state index in [0.29, 0.717) is 6.61 Å². The average Bonchev–Trinajstić information content (AvgIpc) is 2.27. The second kappa shape index (κ2) is 5.49. The van der Waals surface area contributed by atoms with Crippen molar-refractivity contribution in [1.82, 2.24) is 0 Å². The van der Waals surface area contributed by atoms with E-state index in [9.17, 15) is 0 Å². The van der Waals surface area contributed by atoms with Gasteiger partial charge in [0.25, 0.3) is 0 Å². The molecule has 0 fully saturated rings. The fourth-order valence-electron chi connectivity index (χ4n) is 1.33. The topological polar surface area (TPSA) is 27.7 Å². The molecule has 0 bridgehead atoms. The minimum Gasteiger partial charge on any atom is -0.496 e. The monoisotopic (exact) mass is 210 g/mol. The Morgan fingerprint density at radius 1 is 1.07 bits per heavy atom. The lowest BCUT2D eigenvalue weighted by atomic mass is 10.2. The van der Waals surface area contributed by atoms with Crippen LogP contribution in [0.15, 0.2) is 12.1 Å². The van der Waals surface area contributed by atoms with Gasteiger partial charge in [0.15, 0.2) is 0 Å². The van der Waals surface area contributed by atoms with Crippen LogP contribution in [0.5, 0.6) is 17.2 Å². The molecular formula is C12H18O3. The first-order valence-electron chi connectivity index (χ1n) is 5.08. The molecule has 1 rings (SSSR count). The smallest absolute Gasteiger partial charge is 0.129 e. The third-order valence-electron chi connectivity index (χ3n) is 2.20. The summed E-state index contributed by atoms with van der Waals surface area (Å²) in [5, 5.41) is 0. The largest absolute Gasteiger partial charge is 0.496 e. The van der Waals surface area contributed by atoms with Crippen LogP contribution >= 0.6 is 0 Å². The van der Waals surface area contributed by atoms with Gasteiger partial charge < -0.3 is 14.2 Å². The molecule has 3 nitrogen and oxygen atoms in total. The summed E-state index contributed by atoms with van der Waals surface area (Å²) in [7, 11) is 3.28. The first kappa shape index (κ1) is 11.7. The lowest BCUT2D eigenvalue weighted by molar-refractivity contribution is 0.308. The van der Waals surface area contributed by atoms with Gasteiger partial charge in [0.05, 0.1) is 20.8 Å². The van der Waals surface area contributed by atoms with Crippen molar-refractivity contribution in [2.45, 2.75) is 20.3 Å². The molecule has 0 amide bonds. The van der Waals surface area contributed by atoms with Crippen molar-refractivity contribution >= 4 is 0 Å². The Kier molecular flexibility index (Phi) is 4.28. The molecule has 15 heavy (non-hydrogen) atoms. The second-order valence-electron chi connectivity index (χ2n) is 3.30. The average molecular weight is 210 g/mol. The molecule has 0 atom stereocenters. The fraction of sp³-hybridized carbons (Fsp3) is 0.500. The van der Waals surface area contributed by atoms with Crippen molar-refractivity contribution in [3.63, 3.8) is 0 Å². The van der Waals surface area contributed by atoms with Crippen molar-refractivity contribution < 1.29 is 14.2 Å². The molecule has 1 aromatic rings. The van der Waals surface area contributed by atoms with Crippen molar-refractivity contribution in [1.29, 1.82) is 0 Å². The van der Waals surface area contributed by atoms with Crippen LogP contribution in [0.4, 0.5) is 0 Å². The van der Waals surface area contributed by atoms with E-state index < -0.39 is 0 Å². The van der Waals surface area contributed by atoms with E-state index in [1.807, 2.05) is 19.1 Å². The number of methoxy groups -OCH3 is 2. The third kappa shape index (κ3) is 2.78. The Morgan fingerprint density at radius 2 is 1.73 bits per heavy atom. The Bertz CT molecular complexity index is 321. The lowest BCUT2D eigenvalue weighted by Gasteiger charge is -2.13. The van der Waals surface area contributed by atoms with Gasteiger partial charge in [0.2, 0.25) is 0 Å². The van der Waals surface area contributed by atoms with Crippen LogP contribution in [-0.2, 0) is 0 Å². The maximum Gasteiger partial charge on any atom is 0.129 e. The first-order valence-corrected chi connectivity index (χ1v) is 5.08. The van der Waals surface area contributed by atoms with E-state index in [-0.39, 0.29) is 0 Å². The van der Waals surface area contributed by atoms with Gasteiger partial charge in [-0.25, -0.2) is 0 Å². The van der Waals surface area contributed by atoms with Crippen molar-refractivity contribution in [2.24, 2.45) is 0 Å². The summed E-state index contributed by atoms with van der Waals surface area (Å²) >= 11 is 0. The zero-order valence-corrected chi connectivity index (χ0v) is 9.79. The van der Waals surface area contributed by atoms with E-state index >= 15 is 0 Å². The molecule has 0 heterocycles. The number of ether oxygens (including phenoxy) is 3. The molecule has 3 heteroatoms. The van der Waals surface area contributed by atoms with Gasteiger partial charge in [0, 0.05) is 17.7 Å². The Morgan fingerprint density at radius 3 is 2.27 bits per heavy atom. The molecule has 0 aliphatic rings. The molecule has 0 unspecified atom stereocenters. The van der Waals surface area contributed by atoms with Crippen molar-refractivity contribution in [3.8, 4) is 17.2 Å². The summed E-state index contributed by atoms with van der Waals surface area (Å²) < 4.78 is 16.0. The van der Waals surface area contributed by atoms with Crippen LogP contribution in [0.25, 0.3) is 0 Å². The molecule has 0 spiro atoms. The molecule has 1 aromatic carbocycles. The maximum absolute atomic E-state index is 5.61. The quantitative estimate of drug-likeness (QED) is 0.748. The van der Waals surface area contributed by atoms with Crippen molar-refractivity contribution in [3.05, 3.63) is 17.7 Å². The van der Waals surface area contributed by atoms with Crippen LogP contribution < -0.4 is 14.2 Å². The molecule has 0 N–H and O–H groups in total. The number of rotatable bonds is 5. The first-order chi connectivity index (χ1) is 7.22. The predicted octanol–water partition coefficient (Wildman–Crippen LogP) is 2.80. The molecule has 84 valence electrons.